The molecular weight excluding hydrogens is 258 g/mol. The second-order valence-corrected chi connectivity index (χ2v) is 5.54. The molecule has 0 aliphatic carbocycles. The first-order valence-electron chi connectivity index (χ1n) is 6.23. The maximum Gasteiger partial charge on any atom is 0.326 e. The van der Waals surface area contributed by atoms with Gasteiger partial charge in [0, 0.05) is 5.69 Å². The second-order valence-electron chi connectivity index (χ2n) is 5.54. The molecule has 0 fully saturated rings. The summed E-state index contributed by atoms with van der Waals surface area (Å²) in [5, 5.41) is 0.385. The number of aromatic nitrogens is 2. The third-order valence-corrected chi connectivity index (χ3v) is 2.57. The van der Waals surface area contributed by atoms with E-state index < -0.39 is 11.6 Å². The number of rotatable bonds is 2. The van der Waals surface area contributed by atoms with E-state index in [1.54, 1.807) is 39.0 Å². The van der Waals surface area contributed by atoms with Gasteiger partial charge in [0.1, 0.15) is 12.1 Å². The zero-order chi connectivity index (χ0) is 14.9. The number of carbonyl (C=O) groups is 1. The van der Waals surface area contributed by atoms with Gasteiger partial charge < -0.3 is 10.5 Å². The van der Waals surface area contributed by atoms with Crippen LogP contribution < -0.4 is 11.3 Å². The molecule has 0 saturated carbocycles. The largest absolute Gasteiger partial charge is 0.459 e. The van der Waals surface area contributed by atoms with Crippen molar-refractivity contribution in [1.29, 1.82) is 0 Å². The summed E-state index contributed by atoms with van der Waals surface area (Å²) in [4.78, 5) is 28.1. The number of anilines is 1. The van der Waals surface area contributed by atoms with Crippen molar-refractivity contribution in [3.05, 3.63) is 34.9 Å². The Kier molecular flexibility index (Phi) is 3.48. The normalized spacial score (nSPS) is 11.6. The molecule has 1 aromatic heterocycles. The lowest BCUT2D eigenvalue weighted by atomic mass is 10.2. The lowest BCUT2D eigenvalue weighted by Gasteiger charge is -2.19. The van der Waals surface area contributed by atoms with Gasteiger partial charge >= 0.3 is 5.97 Å². The van der Waals surface area contributed by atoms with Crippen LogP contribution in [0.4, 0.5) is 5.69 Å². The van der Waals surface area contributed by atoms with E-state index >= 15 is 0 Å². The highest BCUT2D eigenvalue weighted by atomic mass is 16.6. The van der Waals surface area contributed by atoms with Gasteiger partial charge in [-0.2, -0.15) is 0 Å². The van der Waals surface area contributed by atoms with Crippen molar-refractivity contribution in [3.8, 4) is 0 Å². The first-order valence-corrected chi connectivity index (χ1v) is 6.23. The maximum absolute atomic E-state index is 12.2. The Balaban J connectivity index is 2.34. The van der Waals surface area contributed by atoms with E-state index in [9.17, 15) is 9.59 Å². The molecular formula is C14H17N3O3. The van der Waals surface area contributed by atoms with Crippen molar-refractivity contribution in [2.75, 3.05) is 5.73 Å². The predicted octanol–water partition coefficient (Wildman–Crippen LogP) is 1.32. The number of nitrogens with two attached hydrogens (primary N) is 1. The minimum Gasteiger partial charge on any atom is -0.459 e. The third-order valence-electron chi connectivity index (χ3n) is 2.57. The topological polar surface area (TPSA) is 87.2 Å². The van der Waals surface area contributed by atoms with Crippen molar-refractivity contribution >= 4 is 22.6 Å². The first-order chi connectivity index (χ1) is 9.26. The highest BCUT2D eigenvalue weighted by molar-refractivity contribution is 5.81. The van der Waals surface area contributed by atoms with E-state index in [2.05, 4.69) is 4.98 Å². The zero-order valence-corrected chi connectivity index (χ0v) is 11.7. The predicted molar refractivity (Wildman–Crippen MR) is 76.3 cm³/mol. The van der Waals surface area contributed by atoms with Crippen LogP contribution in [0.2, 0.25) is 0 Å². The molecule has 6 heteroatoms. The number of fused-ring (bicyclic) bond motifs is 1. The molecule has 1 aromatic carbocycles. The summed E-state index contributed by atoms with van der Waals surface area (Å²) in [6.07, 6.45) is 1.34. The molecule has 0 spiro atoms. The van der Waals surface area contributed by atoms with Crippen LogP contribution in [0, 0.1) is 0 Å². The lowest BCUT2D eigenvalue weighted by molar-refractivity contribution is -0.155. The molecule has 0 bridgehead atoms. The van der Waals surface area contributed by atoms with E-state index in [1.807, 2.05) is 0 Å². The van der Waals surface area contributed by atoms with E-state index in [0.717, 1.165) is 0 Å². The second kappa shape index (κ2) is 4.96. The summed E-state index contributed by atoms with van der Waals surface area (Å²) in [6.45, 7) is 5.14. The fourth-order valence-corrected chi connectivity index (χ4v) is 1.80. The lowest BCUT2D eigenvalue weighted by Crippen LogP contribution is -2.30. The molecule has 2 rings (SSSR count). The van der Waals surface area contributed by atoms with Gasteiger partial charge in [0.25, 0.3) is 5.56 Å². The number of nitrogen functional groups attached to an aromatic ring is 1. The summed E-state index contributed by atoms with van der Waals surface area (Å²) in [5.74, 6) is -0.482. The molecule has 0 atom stereocenters. The van der Waals surface area contributed by atoms with E-state index in [0.29, 0.717) is 16.6 Å². The summed E-state index contributed by atoms with van der Waals surface area (Å²) in [5.41, 5.74) is 5.78. The quantitative estimate of drug-likeness (QED) is 0.659. The molecule has 0 radical (unpaired) electrons. The van der Waals surface area contributed by atoms with Crippen LogP contribution >= 0.6 is 0 Å². The number of nitrogens with zero attached hydrogens (tertiary/aromatic N) is 2. The third kappa shape index (κ3) is 3.14. The van der Waals surface area contributed by atoms with Crippen molar-refractivity contribution in [3.63, 3.8) is 0 Å². The van der Waals surface area contributed by atoms with Gasteiger partial charge in [-0.1, -0.05) is 0 Å². The number of carbonyl (C=O) groups excluding carboxylic acids is 1. The van der Waals surface area contributed by atoms with Gasteiger partial charge in [0.15, 0.2) is 0 Å². The SMILES string of the molecule is CC(C)(C)OC(=O)Cn1cnc2ccc(N)cc2c1=O. The number of ether oxygens (including phenoxy) is 1. The van der Waals surface area contributed by atoms with Gasteiger partial charge in [-0.15, -0.1) is 0 Å². The monoisotopic (exact) mass is 275 g/mol. The van der Waals surface area contributed by atoms with Gasteiger partial charge in [-0.25, -0.2) is 4.98 Å². The van der Waals surface area contributed by atoms with Crippen LogP contribution in [0.3, 0.4) is 0 Å². The number of hydrogen-bond acceptors (Lipinski definition) is 5. The molecule has 20 heavy (non-hydrogen) atoms. The smallest absolute Gasteiger partial charge is 0.326 e. The molecule has 0 saturated heterocycles. The summed E-state index contributed by atoms with van der Waals surface area (Å²) in [6, 6.07) is 4.90. The van der Waals surface area contributed by atoms with Crippen molar-refractivity contribution in [2.45, 2.75) is 32.9 Å². The van der Waals surface area contributed by atoms with Crippen LogP contribution in [0.5, 0.6) is 0 Å². The molecule has 6 nitrogen and oxygen atoms in total. The minimum atomic E-state index is -0.588. The standard InChI is InChI=1S/C14H17N3O3/c1-14(2,3)20-12(18)7-17-8-16-11-5-4-9(15)6-10(11)13(17)19/h4-6,8H,7,15H2,1-3H3. The zero-order valence-electron chi connectivity index (χ0n) is 11.7. The first kappa shape index (κ1) is 14.0. The van der Waals surface area contributed by atoms with E-state index in [-0.39, 0.29) is 12.1 Å². The average molecular weight is 275 g/mol. The van der Waals surface area contributed by atoms with Crippen LogP contribution in [0.25, 0.3) is 10.9 Å². The van der Waals surface area contributed by atoms with Crippen LogP contribution in [0.15, 0.2) is 29.3 Å². The molecule has 0 aliphatic rings. The Hall–Kier alpha value is -2.37. The Labute approximate surface area is 116 Å². The Morgan fingerprint density at radius 3 is 2.75 bits per heavy atom. The molecule has 0 amide bonds. The highest BCUT2D eigenvalue weighted by Crippen LogP contribution is 2.11. The van der Waals surface area contributed by atoms with Gasteiger partial charge in [-0.05, 0) is 39.0 Å². The molecule has 1 heterocycles. The number of esters is 1. The molecule has 0 unspecified atom stereocenters. The summed E-state index contributed by atoms with van der Waals surface area (Å²) < 4.78 is 6.40. The Morgan fingerprint density at radius 2 is 2.10 bits per heavy atom. The Bertz CT molecular complexity index is 714. The minimum absolute atomic E-state index is 0.173. The van der Waals surface area contributed by atoms with Gasteiger partial charge in [0.05, 0.1) is 17.2 Å². The van der Waals surface area contributed by atoms with Crippen LogP contribution in [-0.4, -0.2) is 21.1 Å². The molecule has 106 valence electrons. The van der Waals surface area contributed by atoms with Crippen molar-refractivity contribution in [2.24, 2.45) is 0 Å². The summed E-state index contributed by atoms with van der Waals surface area (Å²) in [7, 11) is 0. The van der Waals surface area contributed by atoms with Crippen LogP contribution in [-0.2, 0) is 16.1 Å². The number of benzene rings is 1. The van der Waals surface area contributed by atoms with Crippen LogP contribution in [0.1, 0.15) is 20.8 Å². The van der Waals surface area contributed by atoms with Gasteiger partial charge in [-0.3, -0.25) is 14.2 Å². The molecule has 2 N–H and O–H groups in total. The number of hydrogen-bond donors (Lipinski definition) is 1. The highest BCUT2D eigenvalue weighted by Gasteiger charge is 2.17. The molecule has 2 aromatic rings. The maximum atomic E-state index is 12.2. The average Bonchev–Trinajstić information content (AvgIpc) is 2.31. The Morgan fingerprint density at radius 1 is 1.40 bits per heavy atom. The van der Waals surface area contributed by atoms with Gasteiger partial charge in [0.2, 0.25) is 0 Å². The fraction of sp³-hybridized carbons (Fsp3) is 0.357. The van der Waals surface area contributed by atoms with Crippen molar-refractivity contribution < 1.29 is 9.53 Å². The van der Waals surface area contributed by atoms with E-state index in [1.165, 1.54) is 10.9 Å². The fourth-order valence-electron chi connectivity index (χ4n) is 1.80. The van der Waals surface area contributed by atoms with Crippen molar-refractivity contribution in [1.82, 2.24) is 9.55 Å². The van der Waals surface area contributed by atoms with E-state index in [4.69, 9.17) is 10.5 Å². The molecule has 0 aliphatic heterocycles. The summed E-state index contributed by atoms with van der Waals surface area (Å²) >= 11 is 0.